The van der Waals surface area contributed by atoms with Crippen molar-refractivity contribution in [2.45, 2.75) is 236 Å². The van der Waals surface area contributed by atoms with Crippen LogP contribution < -0.4 is 16.0 Å². The molecule has 0 radical (unpaired) electrons. The summed E-state index contributed by atoms with van der Waals surface area (Å²) in [4.78, 5) is 188. The minimum absolute atomic E-state index is 0.000793. The SMILES string of the molecule is CC[C@H](C)[C@@H]1NC(=O)[C@H](CC(C)C)N(C)C(=O)C[C@@H](C(=O)N2CCCCC2)N(C)C(=O)[C@H](C(C)C)N(C)C(=O)C2(CC2)NC(=O)[C@@H]2CCCN2C(=O)[C@H](CCC2CCC(C(F)(F)F)C(Cl)C2)NC(=O)CN(C)C(=O)[C@H](CC2CCCCC2)N(C)C(=O)CN(C)C(=O)CN(C)C1=O. The fourth-order valence-electron chi connectivity index (χ4n) is 14.7. The molecule has 96 heavy (non-hydrogen) atoms. The number of amides is 12. The highest BCUT2D eigenvalue weighted by Gasteiger charge is 2.56. The maximum Gasteiger partial charge on any atom is 0.393 e. The molecular formula is C68H110ClF3N12O12. The van der Waals surface area contributed by atoms with E-state index in [0.29, 0.717) is 38.8 Å². The average Bonchev–Trinajstić information content (AvgIpc) is 1.58. The number of carbonyl (C=O) groups excluding carboxylic acids is 12. The number of hydrogen-bond donors (Lipinski definition) is 3. The van der Waals surface area contributed by atoms with Crippen molar-refractivity contribution in [1.82, 2.24) is 60.0 Å². The first-order valence-corrected chi connectivity index (χ1v) is 35.5. The van der Waals surface area contributed by atoms with Gasteiger partial charge in [-0.2, -0.15) is 13.2 Å². The van der Waals surface area contributed by atoms with Gasteiger partial charge in [0.2, 0.25) is 70.9 Å². The molecule has 12 amide bonds. The number of nitrogens with zero attached hydrogens (tertiary/aromatic N) is 9. The van der Waals surface area contributed by atoms with Gasteiger partial charge in [0.25, 0.3) is 0 Å². The van der Waals surface area contributed by atoms with Crippen LogP contribution in [0.2, 0.25) is 0 Å². The fourth-order valence-corrected chi connectivity index (χ4v) is 15.3. The van der Waals surface area contributed by atoms with Crippen molar-refractivity contribution in [3.63, 3.8) is 0 Å². The lowest BCUT2D eigenvalue weighted by Gasteiger charge is -2.40. The van der Waals surface area contributed by atoms with Crippen LogP contribution in [0.5, 0.6) is 0 Å². The van der Waals surface area contributed by atoms with Crippen molar-refractivity contribution in [3.05, 3.63) is 0 Å². The summed E-state index contributed by atoms with van der Waals surface area (Å²) in [5.74, 6) is -11.0. The monoisotopic (exact) mass is 1380 g/mol. The Bertz CT molecular complexity index is 2800. The number of halogens is 4. The standard InChI is InChI=1S/C68H110ClF3N12O12/c1-14-43(6)57-64(94)78(9)39-55(87)76(7)40-56(88)80(11)51(36-44-22-17-15-18-23-44)62(92)77(8)38-53(85)73-48(28-26-45-25-27-46(47(69)35-45)68(70,71)72)61(91)84-33-21-24-49(84)60(90)75-67(29-30-67)66(96)82(13)58(42(4)5)65(95)81(12)52(63(93)83-31-19-16-20-32-83)37-54(86)79(10)50(34-41(2)3)59(89)74-57/h41-52,57-58H,14-40H2,1-13H3,(H,73,85)(H,74,89)(H,75,90)/t43-,45?,46?,47?,48-,49-,50-,51-,52-,57-,58-/m0/s1. The van der Waals surface area contributed by atoms with E-state index < -0.39 is 174 Å². The number of fused-ring (bicyclic) bond motifs is 1. The number of rotatable bonds is 11. The molecule has 3 heterocycles. The zero-order chi connectivity index (χ0) is 71.4. The first kappa shape index (κ1) is 78.7. The normalized spacial score (nSPS) is 29.5. The summed E-state index contributed by atoms with van der Waals surface area (Å²) in [5, 5.41) is 7.39. The van der Waals surface area contributed by atoms with Crippen molar-refractivity contribution in [3.8, 4) is 0 Å². The summed E-state index contributed by atoms with van der Waals surface area (Å²) in [6.07, 6.45) is 3.24. The molecule has 24 nitrogen and oxygen atoms in total. The third kappa shape index (κ3) is 20.0. The van der Waals surface area contributed by atoms with Gasteiger partial charge in [0, 0.05) is 74.3 Å². The van der Waals surface area contributed by atoms with Gasteiger partial charge >= 0.3 is 6.18 Å². The highest BCUT2D eigenvalue weighted by molar-refractivity contribution is 6.21. The molecule has 0 aromatic carbocycles. The molecule has 3 unspecified atom stereocenters. The average molecular weight is 1380 g/mol. The number of likely N-dealkylation sites (tertiary alicyclic amines) is 1. The van der Waals surface area contributed by atoms with Crippen molar-refractivity contribution in [1.29, 1.82) is 0 Å². The molecule has 6 aliphatic rings. The molecule has 0 aromatic heterocycles. The van der Waals surface area contributed by atoms with Crippen LogP contribution in [-0.2, 0) is 57.5 Å². The highest BCUT2D eigenvalue weighted by atomic mass is 35.5. The van der Waals surface area contributed by atoms with Crippen LogP contribution in [0.1, 0.15) is 176 Å². The summed E-state index contributed by atoms with van der Waals surface area (Å²) in [5.41, 5.74) is -1.51. The summed E-state index contributed by atoms with van der Waals surface area (Å²) in [7, 11) is 9.87. The van der Waals surface area contributed by atoms with E-state index in [9.17, 15) is 61.1 Å². The maximum absolute atomic E-state index is 15.2. The Hall–Kier alpha value is -6.28. The zero-order valence-electron chi connectivity index (χ0n) is 59.1. The van der Waals surface area contributed by atoms with Crippen molar-refractivity contribution in [2.75, 3.05) is 88.6 Å². The molecule has 6 rings (SSSR count). The Morgan fingerprint density at radius 3 is 1.79 bits per heavy atom. The Morgan fingerprint density at radius 1 is 0.604 bits per heavy atom. The zero-order valence-corrected chi connectivity index (χ0v) is 59.9. The van der Waals surface area contributed by atoms with Crippen molar-refractivity contribution >= 4 is 82.5 Å². The first-order chi connectivity index (χ1) is 45.0. The number of likely N-dealkylation sites (N-methyl/N-ethyl adjacent to an activating group) is 7. The smallest absolute Gasteiger partial charge is 0.343 e. The lowest BCUT2D eigenvalue weighted by atomic mass is 9.78. The van der Waals surface area contributed by atoms with E-state index >= 15 is 9.59 Å². The van der Waals surface area contributed by atoms with Gasteiger partial charge in [-0.25, -0.2) is 0 Å². The molecule has 0 bridgehead atoms. The summed E-state index contributed by atoms with van der Waals surface area (Å²) in [6, 6.07) is -8.60. The van der Waals surface area contributed by atoms with Gasteiger partial charge in [0.15, 0.2) is 0 Å². The molecule has 6 fully saturated rings. The number of hydrogen-bond acceptors (Lipinski definition) is 12. The molecule has 28 heteroatoms. The van der Waals surface area contributed by atoms with Crippen LogP contribution in [0.4, 0.5) is 13.2 Å². The van der Waals surface area contributed by atoms with Gasteiger partial charge in [-0.15, -0.1) is 11.6 Å². The molecular weight excluding hydrogens is 1270 g/mol. The van der Waals surface area contributed by atoms with Gasteiger partial charge < -0.3 is 60.0 Å². The fraction of sp³-hybridized carbons (Fsp3) is 0.824. The molecule has 3 N–H and O–H groups in total. The predicted octanol–water partition coefficient (Wildman–Crippen LogP) is 4.78. The molecule has 11 atom stereocenters. The van der Waals surface area contributed by atoms with E-state index in [-0.39, 0.29) is 88.5 Å². The molecule has 542 valence electrons. The Labute approximate surface area is 570 Å². The summed E-state index contributed by atoms with van der Waals surface area (Å²) < 4.78 is 41.8. The quantitative estimate of drug-likeness (QED) is 0.236. The van der Waals surface area contributed by atoms with Gasteiger partial charge in [-0.3, -0.25) is 57.5 Å². The third-order valence-electron chi connectivity index (χ3n) is 21.3. The highest BCUT2D eigenvalue weighted by Crippen LogP contribution is 2.44. The molecule has 0 aromatic rings. The Morgan fingerprint density at radius 2 is 1.21 bits per heavy atom. The molecule has 3 aliphatic heterocycles. The maximum atomic E-state index is 15.2. The van der Waals surface area contributed by atoms with Gasteiger partial charge in [0.05, 0.1) is 32.0 Å². The minimum atomic E-state index is -4.51. The van der Waals surface area contributed by atoms with Crippen LogP contribution in [0.3, 0.4) is 0 Å². The van der Waals surface area contributed by atoms with Crippen LogP contribution in [0.15, 0.2) is 0 Å². The lowest BCUT2D eigenvalue weighted by molar-refractivity contribution is -0.182. The second-order valence-electron chi connectivity index (χ2n) is 29.4. The number of nitrogens with one attached hydrogen (secondary N) is 3. The minimum Gasteiger partial charge on any atom is -0.343 e. The van der Waals surface area contributed by atoms with E-state index in [1.165, 1.54) is 73.8 Å². The van der Waals surface area contributed by atoms with Crippen LogP contribution in [0, 0.1) is 35.5 Å². The first-order valence-electron chi connectivity index (χ1n) is 35.0. The molecule has 3 aliphatic carbocycles. The topological polar surface area (TPSA) is 270 Å². The van der Waals surface area contributed by atoms with Crippen molar-refractivity contribution < 1.29 is 70.7 Å². The molecule has 3 saturated heterocycles. The molecule has 1 spiro atoms. The third-order valence-corrected chi connectivity index (χ3v) is 21.8. The van der Waals surface area contributed by atoms with Gasteiger partial charge in [-0.1, -0.05) is 80.1 Å². The van der Waals surface area contributed by atoms with E-state index in [1.54, 1.807) is 25.7 Å². The van der Waals surface area contributed by atoms with E-state index in [0.717, 1.165) is 53.2 Å². The number of alkyl halides is 4. The second kappa shape index (κ2) is 34.5. The Balaban J connectivity index is 1.38. The summed E-state index contributed by atoms with van der Waals surface area (Å²) in [6.45, 7) is 9.94. The number of carbonyl (C=O) groups is 12. The number of piperidine rings is 1. The predicted molar refractivity (Wildman–Crippen MR) is 354 cm³/mol. The van der Waals surface area contributed by atoms with Crippen LogP contribution in [0.25, 0.3) is 0 Å². The van der Waals surface area contributed by atoms with Crippen LogP contribution >= 0.6 is 11.6 Å². The van der Waals surface area contributed by atoms with Gasteiger partial charge in [-0.05, 0) is 119 Å². The Kier molecular flexibility index (Phi) is 28.3. The van der Waals surface area contributed by atoms with Gasteiger partial charge in [0.1, 0.15) is 47.8 Å². The van der Waals surface area contributed by atoms with E-state index in [4.69, 9.17) is 11.6 Å². The molecule has 3 saturated carbocycles. The summed E-state index contributed by atoms with van der Waals surface area (Å²) >= 11 is 6.37. The van der Waals surface area contributed by atoms with E-state index in [2.05, 4.69) is 16.0 Å². The van der Waals surface area contributed by atoms with Crippen molar-refractivity contribution in [2.24, 2.45) is 35.5 Å². The lowest BCUT2D eigenvalue weighted by Crippen LogP contribution is -2.62. The van der Waals surface area contributed by atoms with Crippen LogP contribution in [-0.4, -0.2) is 263 Å². The van der Waals surface area contributed by atoms with E-state index in [1.807, 2.05) is 20.8 Å². The second-order valence-corrected chi connectivity index (χ2v) is 29.9. The largest absolute Gasteiger partial charge is 0.393 e.